The molecule has 0 N–H and O–H groups in total. The van der Waals surface area contributed by atoms with Crippen molar-refractivity contribution in [2.75, 3.05) is 6.54 Å². The monoisotopic (exact) mass is 378 g/mol. The van der Waals surface area contributed by atoms with Gasteiger partial charge in [-0.2, -0.15) is 5.10 Å². The quantitative estimate of drug-likeness (QED) is 0.675. The molecule has 3 aromatic rings. The van der Waals surface area contributed by atoms with Crippen LogP contribution in [0.4, 0.5) is 0 Å². The maximum atomic E-state index is 13.2. The van der Waals surface area contributed by atoms with Crippen molar-refractivity contribution in [3.8, 4) is 5.69 Å². The first kappa shape index (κ1) is 17.7. The van der Waals surface area contributed by atoms with E-state index in [9.17, 15) is 4.79 Å². The van der Waals surface area contributed by atoms with Gasteiger partial charge in [0, 0.05) is 30.0 Å². The Morgan fingerprint density at radius 1 is 1.19 bits per heavy atom. The van der Waals surface area contributed by atoms with Gasteiger partial charge in [-0.3, -0.25) is 9.78 Å². The lowest BCUT2D eigenvalue weighted by Gasteiger charge is -2.27. The summed E-state index contributed by atoms with van der Waals surface area (Å²) in [5.41, 5.74) is 1.32. The highest BCUT2D eigenvalue weighted by atomic mass is 32.1. The summed E-state index contributed by atoms with van der Waals surface area (Å²) in [4.78, 5) is 20.8. The Bertz CT molecular complexity index is 902. The summed E-state index contributed by atoms with van der Waals surface area (Å²) in [7, 11) is 0. The van der Waals surface area contributed by atoms with E-state index >= 15 is 0 Å². The molecule has 5 nitrogen and oxygen atoms in total. The molecule has 3 aromatic heterocycles. The molecule has 1 unspecified atom stereocenters. The normalized spacial score (nSPS) is 17.9. The number of nitrogens with zero attached hydrogens (tertiary/aromatic N) is 4. The van der Waals surface area contributed by atoms with Crippen LogP contribution in [0.15, 0.2) is 60.4 Å². The van der Waals surface area contributed by atoms with Gasteiger partial charge in [-0.05, 0) is 48.6 Å². The largest absolute Gasteiger partial charge is 0.331 e. The molecule has 1 fully saturated rings. The van der Waals surface area contributed by atoms with E-state index in [1.807, 2.05) is 35.4 Å². The Kier molecular flexibility index (Phi) is 5.44. The van der Waals surface area contributed by atoms with E-state index in [4.69, 9.17) is 0 Å². The van der Waals surface area contributed by atoms with Crippen LogP contribution in [0.2, 0.25) is 0 Å². The van der Waals surface area contributed by atoms with Crippen molar-refractivity contribution < 1.29 is 4.79 Å². The average molecular weight is 379 g/mol. The third-order valence-corrected chi connectivity index (χ3v) is 5.66. The maximum absolute atomic E-state index is 13.2. The Hall–Kier alpha value is -2.73. The van der Waals surface area contributed by atoms with E-state index in [1.165, 1.54) is 4.88 Å². The van der Waals surface area contributed by atoms with Crippen molar-refractivity contribution >= 4 is 23.3 Å². The zero-order valence-electron chi connectivity index (χ0n) is 15.1. The Morgan fingerprint density at radius 2 is 2.15 bits per heavy atom. The molecule has 1 aliphatic heterocycles. The standard InChI is InChI=1S/C21H22N4OS/c26-21(20-16-18(10-12-22-20)25-14-5-11-23-25)24-13-3-1-2-6-17(24)8-9-19-7-4-15-27-19/h4-5,7-12,14-17H,1-3,6,13H2. The van der Waals surface area contributed by atoms with E-state index in [-0.39, 0.29) is 11.9 Å². The predicted molar refractivity (Wildman–Crippen MR) is 108 cm³/mol. The molecule has 0 spiro atoms. The Morgan fingerprint density at radius 3 is 2.96 bits per heavy atom. The SMILES string of the molecule is O=C(c1cc(-n2cccn2)ccn1)N1CCCCCC1C=Cc1cccs1. The van der Waals surface area contributed by atoms with Crippen LogP contribution >= 0.6 is 11.3 Å². The predicted octanol–water partition coefficient (Wildman–Crippen LogP) is 4.43. The van der Waals surface area contributed by atoms with Crippen molar-refractivity contribution in [1.29, 1.82) is 0 Å². The molecule has 4 rings (SSSR count). The third kappa shape index (κ3) is 4.17. The zero-order valence-corrected chi connectivity index (χ0v) is 15.9. The molecule has 6 heteroatoms. The number of amides is 1. The summed E-state index contributed by atoms with van der Waals surface area (Å²) < 4.78 is 1.75. The Labute approximate surface area is 163 Å². The molecule has 1 atom stereocenters. The number of hydrogen-bond donors (Lipinski definition) is 0. The summed E-state index contributed by atoms with van der Waals surface area (Å²) in [5.74, 6) is -0.00765. The van der Waals surface area contributed by atoms with Crippen LogP contribution in [0.25, 0.3) is 11.8 Å². The smallest absolute Gasteiger partial charge is 0.273 e. The lowest BCUT2D eigenvalue weighted by atomic mass is 10.1. The zero-order chi connectivity index (χ0) is 18.5. The highest BCUT2D eigenvalue weighted by molar-refractivity contribution is 7.10. The van der Waals surface area contributed by atoms with E-state index < -0.39 is 0 Å². The first-order chi connectivity index (χ1) is 13.3. The fraction of sp³-hybridized carbons (Fsp3) is 0.286. The first-order valence-electron chi connectivity index (χ1n) is 9.30. The number of likely N-dealkylation sites (tertiary alicyclic amines) is 1. The summed E-state index contributed by atoms with van der Waals surface area (Å²) in [6.07, 6.45) is 13.9. The van der Waals surface area contributed by atoms with Gasteiger partial charge in [-0.25, -0.2) is 4.68 Å². The number of thiophene rings is 1. The van der Waals surface area contributed by atoms with Crippen LogP contribution < -0.4 is 0 Å². The van der Waals surface area contributed by atoms with Gasteiger partial charge >= 0.3 is 0 Å². The van der Waals surface area contributed by atoms with Crippen LogP contribution in [0.5, 0.6) is 0 Å². The second kappa shape index (κ2) is 8.31. The topological polar surface area (TPSA) is 51.0 Å². The second-order valence-electron chi connectivity index (χ2n) is 6.64. The van der Waals surface area contributed by atoms with Gasteiger partial charge in [0.05, 0.1) is 11.7 Å². The van der Waals surface area contributed by atoms with Crippen LogP contribution in [-0.4, -0.2) is 38.2 Å². The second-order valence-corrected chi connectivity index (χ2v) is 7.62. The van der Waals surface area contributed by atoms with Crippen molar-refractivity contribution in [2.24, 2.45) is 0 Å². The van der Waals surface area contributed by atoms with Crippen LogP contribution in [0.1, 0.15) is 41.0 Å². The molecule has 0 bridgehead atoms. The minimum absolute atomic E-state index is 0.00765. The minimum Gasteiger partial charge on any atom is -0.331 e. The highest BCUT2D eigenvalue weighted by Crippen LogP contribution is 2.22. The fourth-order valence-corrected chi connectivity index (χ4v) is 4.05. The van der Waals surface area contributed by atoms with E-state index in [1.54, 1.807) is 28.4 Å². The number of pyridine rings is 1. The number of rotatable bonds is 4. The van der Waals surface area contributed by atoms with E-state index in [2.05, 4.69) is 33.7 Å². The first-order valence-corrected chi connectivity index (χ1v) is 10.2. The fourth-order valence-electron chi connectivity index (χ4n) is 3.43. The van der Waals surface area contributed by atoms with E-state index in [0.717, 1.165) is 37.9 Å². The van der Waals surface area contributed by atoms with E-state index in [0.29, 0.717) is 5.69 Å². The summed E-state index contributed by atoms with van der Waals surface area (Å²) in [6, 6.07) is 9.80. The van der Waals surface area contributed by atoms with Gasteiger partial charge in [0.1, 0.15) is 5.69 Å². The molecule has 4 heterocycles. The molecular weight excluding hydrogens is 356 g/mol. The van der Waals surface area contributed by atoms with Gasteiger partial charge in [-0.15, -0.1) is 11.3 Å². The third-order valence-electron chi connectivity index (χ3n) is 4.82. The average Bonchev–Trinajstić information content (AvgIpc) is 3.37. The van der Waals surface area contributed by atoms with Gasteiger partial charge in [0.25, 0.3) is 5.91 Å². The van der Waals surface area contributed by atoms with Crippen LogP contribution in [0.3, 0.4) is 0 Å². The number of carbonyl (C=O) groups excluding carboxylic acids is 1. The van der Waals surface area contributed by atoms with Crippen LogP contribution in [0, 0.1) is 0 Å². The van der Waals surface area contributed by atoms with Crippen molar-refractivity contribution in [3.63, 3.8) is 0 Å². The van der Waals surface area contributed by atoms with Crippen molar-refractivity contribution in [2.45, 2.75) is 31.7 Å². The maximum Gasteiger partial charge on any atom is 0.273 e. The van der Waals surface area contributed by atoms with Gasteiger partial charge in [0.15, 0.2) is 0 Å². The van der Waals surface area contributed by atoms with Gasteiger partial charge in [0.2, 0.25) is 0 Å². The molecule has 1 aliphatic rings. The van der Waals surface area contributed by atoms with Gasteiger partial charge in [-0.1, -0.05) is 25.0 Å². The number of hydrogen-bond acceptors (Lipinski definition) is 4. The highest BCUT2D eigenvalue weighted by Gasteiger charge is 2.25. The van der Waals surface area contributed by atoms with Crippen molar-refractivity contribution in [1.82, 2.24) is 19.7 Å². The summed E-state index contributed by atoms with van der Waals surface area (Å²) in [6.45, 7) is 0.770. The lowest BCUT2D eigenvalue weighted by molar-refractivity contribution is 0.0712. The molecule has 138 valence electrons. The molecule has 0 radical (unpaired) electrons. The summed E-state index contributed by atoms with van der Waals surface area (Å²) in [5, 5.41) is 6.31. The molecule has 1 amide bonds. The van der Waals surface area contributed by atoms with Crippen molar-refractivity contribution in [3.05, 3.63) is 70.9 Å². The Balaban J connectivity index is 1.58. The van der Waals surface area contributed by atoms with Gasteiger partial charge < -0.3 is 4.90 Å². The minimum atomic E-state index is -0.00765. The molecule has 1 saturated heterocycles. The molecular formula is C21H22N4OS. The molecule has 0 saturated carbocycles. The lowest BCUT2D eigenvalue weighted by Crippen LogP contribution is -2.39. The molecule has 0 aliphatic carbocycles. The number of aromatic nitrogens is 3. The molecule has 27 heavy (non-hydrogen) atoms. The molecule has 0 aromatic carbocycles. The number of carbonyl (C=O) groups is 1. The van der Waals surface area contributed by atoms with Crippen LogP contribution in [-0.2, 0) is 0 Å². The summed E-state index contributed by atoms with van der Waals surface area (Å²) >= 11 is 1.71.